The molecule has 1 aromatic carbocycles. The van der Waals surface area contributed by atoms with Crippen molar-refractivity contribution < 1.29 is 0 Å². The van der Waals surface area contributed by atoms with Crippen molar-refractivity contribution in [3.63, 3.8) is 0 Å². The van der Waals surface area contributed by atoms with Gasteiger partial charge < -0.3 is 0 Å². The molecule has 0 radical (unpaired) electrons. The van der Waals surface area contributed by atoms with E-state index in [1.807, 2.05) is 53.2 Å². The number of pyridine rings is 2. The number of hydrogen-bond donors (Lipinski definition) is 0. The highest BCUT2D eigenvalue weighted by molar-refractivity contribution is 5.96. The second-order valence-corrected chi connectivity index (χ2v) is 6.14. The molecule has 0 aliphatic heterocycles. The van der Waals surface area contributed by atoms with Crippen LogP contribution in [0.1, 0.15) is 17.8 Å². The van der Waals surface area contributed by atoms with E-state index in [1.54, 1.807) is 6.20 Å². The van der Waals surface area contributed by atoms with Gasteiger partial charge in [-0.05, 0) is 49.2 Å². The van der Waals surface area contributed by atoms with Gasteiger partial charge in [-0.2, -0.15) is 5.10 Å². The van der Waals surface area contributed by atoms with Crippen LogP contribution in [0.5, 0.6) is 0 Å². The largest absolute Gasteiger partial charge is 0.256 e. The second-order valence-electron chi connectivity index (χ2n) is 6.14. The number of aromatic nitrogens is 4. The summed E-state index contributed by atoms with van der Waals surface area (Å²) in [5.74, 6) is 0.792. The highest BCUT2D eigenvalue weighted by Crippen LogP contribution is 2.19. The molecule has 0 unspecified atom stereocenters. The summed E-state index contributed by atoms with van der Waals surface area (Å²) in [4.78, 5) is 13.8. The zero-order valence-electron chi connectivity index (χ0n) is 14.6. The predicted octanol–water partition coefficient (Wildman–Crippen LogP) is 4.48. The first-order valence-electron chi connectivity index (χ1n) is 8.59. The van der Waals surface area contributed by atoms with Gasteiger partial charge in [0.25, 0.3) is 0 Å². The van der Waals surface area contributed by atoms with Gasteiger partial charge in [-0.3, -0.25) is 9.98 Å². The monoisotopic (exact) mass is 341 g/mol. The van der Waals surface area contributed by atoms with Gasteiger partial charge in [-0.1, -0.05) is 24.8 Å². The van der Waals surface area contributed by atoms with Crippen molar-refractivity contribution >= 4 is 27.9 Å². The van der Waals surface area contributed by atoms with E-state index >= 15 is 0 Å². The SMILES string of the molecule is C=C/C(CCc1nc2c3cccnc3ccn2n1)=N\c1ccccc1C. The lowest BCUT2D eigenvalue weighted by Gasteiger charge is -2.02. The molecule has 3 heterocycles. The van der Waals surface area contributed by atoms with Crippen LogP contribution in [0.15, 0.2) is 72.5 Å². The molecule has 0 N–H and O–H groups in total. The maximum Gasteiger partial charge on any atom is 0.164 e. The lowest BCUT2D eigenvalue weighted by molar-refractivity contribution is 0.864. The minimum Gasteiger partial charge on any atom is -0.256 e. The summed E-state index contributed by atoms with van der Waals surface area (Å²) in [6.45, 7) is 5.96. The Morgan fingerprint density at radius 2 is 2.08 bits per heavy atom. The molecule has 4 aromatic rings. The number of nitrogens with zero attached hydrogens (tertiary/aromatic N) is 5. The van der Waals surface area contributed by atoms with Crippen LogP contribution in [0, 0.1) is 6.92 Å². The topological polar surface area (TPSA) is 55.4 Å². The molecule has 128 valence electrons. The van der Waals surface area contributed by atoms with Gasteiger partial charge in [0.05, 0.1) is 11.2 Å². The lowest BCUT2D eigenvalue weighted by Crippen LogP contribution is -1.98. The number of aryl methyl sites for hydroxylation is 2. The summed E-state index contributed by atoms with van der Waals surface area (Å²) < 4.78 is 1.81. The van der Waals surface area contributed by atoms with Crippen molar-refractivity contribution in [3.8, 4) is 0 Å². The minimum atomic E-state index is 0.709. The molecular formula is C21H19N5. The molecule has 0 spiro atoms. The third-order valence-corrected chi connectivity index (χ3v) is 4.35. The standard InChI is InChI=1S/C21H19N5/c1-3-16(23-18-9-5-4-7-15(18)2)10-11-20-24-21-17-8-6-13-22-19(17)12-14-26(21)25-20/h3-9,12-14H,1,10-11H2,2H3/b23-16+. The summed E-state index contributed by atoms with van der Waals surface area (Å²) in [6.07, 6.45) is 6.94. The Hall–Kier alpha value is -3.34. The number of fused-ring (bicyclic) bond motifs is 3. The Morgan fingerprint density at radius 1 is 1.19 bits per heavy atom. The summed E-state index contributed by atoms with van der Waals surface area (Å²) in [6, 6.07) is 14.0. The van der Waals surface area contributed by atoms with Gasteiger partial charge in [0.15, 0.2) is 11.5 Å². The number of aliphatic imine (C=N–C) groups is 1. The molecule has 4 rings (SSSR count). The molecule has 26 heavy (non-hydrogen) atoms. The average Bonchev–Trinajstić information content (AvgIpc) is 3.10. The van der Waals surface area contributed by atoms with Gasteiger partial charge in [-0.25, -0.2) is 9.50 Å². The van der Waals surface area contributed by atoms with Gasteiger partial charge >= 0.3 is 0 Å². The fourth-order valence-electron chi connectivity index (χ4n) is 2.93. The van der Waals surface area contributed by atoms with E-state index in [4.69, 9.17) is 9.98 Å². The summed E-state index contributed by atoms with van der Waals surface area (Å²) in [5.41, 5.74) is 4.82. The smallest absolute Gasteiger partial charge is 0.164 e. The zero-order valence-corrected chi connectivity index (χ0v) is 14.6. The van der Waals surface area contributed by atoms with Crippen molar-refractivity contribution in [1.82, 2.24) is 19.6 Å². The molecule has 3 aromatic heterocycles. The van der Waals surface area contributed by atoms with Gasteiger partial charge in [0.2, 0.25) is 0 Å². The predicted molar refractivity (Wildman–Crippen MR) is 105 cm³/mol. The van der Waals surface area contributed by atoms with Gasteiger partial charge in [0.1, 0.15) is 0 Å². The number of allylic oxidation sites excluding steroid dienone is 1. The zero-order chi connectivity index (χ0) is 17.9. The third kappa shape index (κ3) is 3.11. The summed E-state index contributed by atoms with van der Waals surface area (Å²) in [7, 11) is 0. The van der Waals surface area contributed by atoms with Crippen molar-refractivity contribution in [2.24, 2.45) is 4.99 Å². The van der Waals surface area contributed by atoms with Gasteiger partial charge in [0, 0.05) is 29.9 Å². The van der Waals surface area contributed by atoms with Crippen LogP contribution >= 0.6 is 0 Å². The molecule has 0 bridgehead atoms. The van der Waals surface area contributed by atoms with Crippen LogP contribution in [-0.2, 0) is 6.42 Å². The maximum atomic E-state index is 4.72. The molecule has 0 saturated heterocycles. The summed E-state index contributed by atoms with van der Waals surface area (Å²) in [5, 5.41) is 5.59. The van der Waals surface area contributed by atoms with Crippen molar-refractivity contribution in [1.29, 1.82) is 0 Å². The molecule has 0 aliphatic carbocycles. The van der Waals surface area contributed by atoms with Crippen LogP contribution in [0.2, 0.25) is 0 Å². The first-order valence-corrected chi connectivity index (χ1v) is 8.59. The molecule has 5 nitrogen and oxygen atoms in total. The number of benzene rings is 1. The molecule has 0 aliphatic rings. The Balaban J connectivity index is 1.60. The van der Waals surface area contributed by atoms with E-state index in [-0.39, 0.29) is 0 Å². The molecule has 0 saturated carbocycles. The van der Waals surface area contributed by atoms with E-state index in [0.29, 0.717) is 6.42 Å². The van der Waals surface area contributed by atoms with Gasteiger partial charge in [-0.15, -0.1) is 0 Å². The van der Waals surface area contributed by atoms with Crippen LogP contribution < -0.4 is 0 Å². The van der Waals surface area contributed by atoms with Crippen molar-refractivity contribution in [3.05, 3.63) is 78.9 Å². The highest BCUT2D eigenvalue weighted by Gasteiger charge is 2.08. The van der Waals surface area contributed by atoms with E-state index < -0.39 is 0 Å². The quantitative estimate of drug-likeness (QED) is 0.503. The number of para-hydroxylation sites is 1. The Morgan fingerprint density at radius 3 is 2.92 bits per heavy atom. The Labute approximate surface area is 151 Å². The molecule has 5 heteroatoms. The third-order valence-electron chi connectivity index (χ3n) is 4.35. The molecule has 0 atom stereocenters. The van der Waals surface area contributed by atoms with E-state index in [2.05, 4.69) is 29.7 Å². The lowest BCUT2D eigenvalue weighted by atomic mass is 10.1. The molecular weight excluding hydrogens is 322 g/mol. The van der Waals surface area contributed by atoms with E-state index in [1.165, 1.54) is 0 Å². The molecule has 0 amide bonds. The van der Waals surface area contributed by atoms with Crippen molar-refractivity contribution in [2.45, 2.75) is 19.8 Å². The summed E-state index contributed by atoms with van der Waals surface area (Å²) >= 11 is 0. The Kier molecular flexibility index (Phi) is 4.27. The number of rotatable bonds is 5. The number of hydrogen-bond acceptors (Lipinski definition) is 4. The Bertz CT molecular complexity index is 1120. The fraction of sp³-hybridized carbons (Fsp3) is 0.143. The minimum absolute atomic E-state index is 0.709. The average molecular weight is 341 g/mol. The first kappa shape index (κ1) is 16.1. The van der Waals surface area contributed by atoms with Crippen LogP contribution in [0.4, 0.5) is 5.69 Å². The highest BCUT2D eigenvalue weighted by atomic mass is 15.3. The fourth-order valence-corrected chi connectivity index (χ4v) is 2.93. The molecule has 0 fully saturated rings. The first-order chi connectivity index (χ1) is 12.7. The maximum absolute atomic E-state index is 4.72. The van der Waals surface area contributed by atoms with E-state index in [0.717, 1.165) is 45.8 Å². The van der Waals surface area contributed by atoms with Crippen LogP contribution in [0.25, 0.3) is 16.6 Å². The second kappa shape index (κ2) is 6.88. The normalized spacial score (nSPS) is 12.0. The van der Waals surface area contributed by atoms with Crippen LogP contribution in [-0.4, -0.2) is 25.3 Å². The van der Waals surface area contributed by atoms with Crippen molar-refractivity contribution in [2.75, 3.05) is 0 Å². The van der Waals surface area contributed by atoms with Crippen LogP contribution in [0.3, 0.4) is 0 Å². The van der Waals surface area contributed by atoms with E-state index in [9.17, 15) is 0 Å².